The smallest absolute Gasteiger partial charge is 0.337 e. The van der Waals surface area contributed by atoms with Gasteiger partial charge >= 0.3 is 5.97 Å². The summed E-state index contributed by atoms with van der Waals surface area (Å²) in [6, 6.07) is 16.0. The van der Waals surface area contributed by atoms with Gasteiger partial charge < -0.3 is 15.3 Å². The van der Waals surface area contributed by atoms with Crippen LogP contribution in [0.1, 0.15) is 37.2 Å². The molecule has 32 heavy (non-hydrogen) atoms. The van der Waals surface area contributed by atoms with Gasteiger partial charge in [-0.2, -0.15) is 0 Å². The van der Waals surface area contributed by atoms with Crippen molar-refractivity contribution in [2.24, 2.45) is 0 Å². The Bertz CT molecular complexity index is 1170. The van der Waals surface area contributed by atoms with E-state index in [1.165, 1.54) is 42.2 Å². The number of hydrogen-bond donors (Lipinski definition) is 2. The molecule has 2 N–H and O–H groups in total. The molecule has 162 valence electrons. The predicted molar refractivity (Wildman–Crippen MR) is 118 cm³/mol. The Labute approximate surface area is 187 Å². The van der Waals surface area contributed by atoms with Crippen LogP contribution >= 0.6 is 11.8 Å². The van der Waals surface area contributed by atoms with E-state index in [9.17, 15) is 18.8 Å². The Kier molecular flexibility index (Phi) is 6.18. The van der Waals surface area contributed by atoms with Crippen molar-refractivity contribution in [2.45, 2.75) is 11.9 Å². The largest absolute Gasteiger partial charge is 0.478 e. The van der Waals surface area contributed by atoms with Crippen molar-refractivity contribution in [3.63, 3.8) is 0 Å². The lowest BCUT2D eigenvalue weighted by molar-refractivity contribution is -0.113. The molecule has 0 fully saturated rings. The van der Waals surface area contributed by atoms with E-state index >= 15 is 0 Å². The number of carbonyl (C=O) groups excluding carboxylic acids is 2. The van der Waals surface area contributed by atoms with Crippen LogP contribution in [0.2, 0.25) is 0 Å². The molecule has 3 aromatic rings. The number of amides is 2. The Hall–Kier alpha value is -3.72. The minimum Gasteiger partial charge on any atom is -0.478 e. The lowest BCUT2D eigenvalue weighted by Gasteiger charge is -2.25. The zero-order chi connectivity index (χ0) is 22.7. The average Bonchev–Trinajstić information content (AvgIpc) is 3.05. The van der Waals surface area contributed by atoms with E-state index in [1.54, 1.807) is 29.2 Å². The first-order valence-electron chi connectivity index (χ1n) is 9.67. The van der Waals surface area contributed by atoms with Crippen LogP contribution in [0.3, 0.4) is 0 Å². The summed E-state index contributed by atoms with van der Waals surface area (Å²) in [5.74, 6) is -1.63. The molecule has 7 nitrogen and oxygen atoms in total. The first-order valence-corrected chi connectivity index (χ1v) is 10.7. The summed E-state index contributed by atoms with van der Waals surface area (Å²) in [6.07, 6.45) is 1.17. The molecule has 1 atom stereocenters. The highest BCUT2D eigenvalue weighted by Crippen LogP contribution is 2.42. The minimum atomic E-state index is -1.10. The average molecular weight is 451 g/mol. The fraction of sp³-hybridized carbons (Fsp3) is 0.130. The van der Waals surface area contributed by atoms with Gasteiger partial charge in [-0.3, -0.25) is 9.59 Å². The summed E-state index contributed by atoms with van der Waals surface area (Å²) in [4.78, 5) is 41.9. The number of halogens is 1. The number of thioether (sulfide) groups is 1. The lowest BCUT2D eigenvalue weighted by Crippen LogP contribution is -2.27. The maximum Gasteiger partial charge on any atom is 0.337 e. The van der Waals surface area contributed by atoms with Crippen LogP contribution in [0.5, 0.6) is 0 Å². The van der Waals surface area contributed by atoms with Gasteiger partial charge in [0.1, 0.15) is 17.0 Å². The van der Waals surface area contributed by atoms with Crippen molar-refractivity contribution >= 4 is 35.4 Å². The van der Waals surface area contributed by atoms with Crippen molar-refractivity contribution in [2.75, 3.05) is 11.1 Å². The van der Waals surface area contributed by atoms with Crippen LogP contribution in [-0.2, 0) is 11.3 Å². The van der Waals surface area contributed by atoms with E-state index < -0.39 is 5.97 Å². The predicted octanol–water partition coefficient (Wildman–Crippen LogP) is 3.95. The third-order valence-corrected chi connectivity index (χ3v) is 6.17. The highest BCUT2D eigenvalue weighted by Gasteiger charge is 2.37. The molecule has 1 aliphatic heterocycles. The van der Waals surface area contributed by atoms with Gasteiger partial charge in [0.25, 0.3) is 5.91 Å². The lowest BCUT2D eigenvalue weighted by atomic mass is 10.1. The van der Waals surface area contributed by atoms with Crippen LogP contribution < -0.4 is 5.32 Å². The van der Waals surface area contributed by atoms with E-state index in [1.807, 2.05) is 12.1 Å². The molecule has 1 aromatic heterocycles. The van der Waals surface area contributed by atoms with Gasteiger partial charge in [0.2, 0.25) is 5.91 Å². The van der Waals surface area contributed by atoms with E-state index in [0.29, 0.717) is 5.56 Å². The van der Waals surface area contributed by atoms with Crippen molar-refractivity contribution in [1.82, 2.24) is 9.88 Å². The molecule has 2 amide bonds. The normalized spacial score (nSPS) is 14.8. The fourth-order valence-electron chi connectivity index (χ4n) is 3.39. The van der Waals surface area contributed by atoms with E-state index in [-0.39, 0.29) is 46.7 Å². The summed E-state index contributed by atoms with van der Waals surface area (Å²) >= 11 is 1.29. The summed E-state index contributed by atoms with van der Waals surface area (Å²) in [5.41, 5.74) is 2.21. The monoisotopic (exact) mass is 451 g/mol. The van der Waals surface area contributed by atoms with E-state index in [0.717, 1.165) is 11.1 Å². The summed E-state index contributed by atoms with van der Waals surface area (Å²) in [5, 5.41) is 11.2. The topological polar surface area (TPSA) is 99.6 Å². The number of aromatic carboxylic acids is 1. The molecule has 4 rings (SSSR count). The Morgan fingerprint density at radius 1 is 1.09 bits per heavy atom. The number of carboxylic acid groups (broad SMARTS) is 1. The number of anilines is 1. The van der Waals surface area contributed by atoms with Crippen molar-refractivity contribution < 1.29 is 23.9 Å². The number of nitrogens with zero attached hydrogens (tertiary/aromatic N) is 2. The molecule has 9 heteroatoms. The molecule has 1 unspecified atom stereocenters. The Morgan fingerprint density at radius 2 is 1.84 bits per heavy atom. The molecule has 2 aromatic carbocycles. The first-order chi connectivity index (χ1) is 15.4. The van der Waals surface area contributed by atoms with Gasteiger partial charge in [0, 0.05) is 18.3 Å². The molecule has 0 saturated heterocycles. The van der Waals surface area contributed by atoms with Gasteiger partial charge in [0.15, 0.2) is 0 Å². The fourth-order valence-corrected chi connectivity index (χ4v) is 4.50. The highest BCUT2D eigenvalue weighted by atomic mass is 32.2. The van der Waals surface area contributed by atoms with Crippen molar-refractivity contribution in [1.29, 1.82) is 0 Å². The van der Waals surface area contributed by atoms with Crippen LogP contribution in [-0.4, -0.2) is 38.5 Å². The first kappa shape index (κ1) is 21.5. The number of nitrogens with one attached hydrogen (secondary N) is 1. The van der Waals surface area contributed by atoms with Crippen molar-refractivity contribution in [3.8, 4) is 0 Å². The molecule has 0 bridgehead atoms. The summed E-state index contributed by atoms with van der Waals surface area (Å²) in [7, 11) is 0. The zero-order valence-electron chi connectivity index (χ0n) is 16.7. The quantitative estimate of drug-likeness (QED) is 0.564. The molecule has 0 saturated carbocycles. The molecule has 2 heterocycles. The van der Waals surface area contributed by atoms with Crippen LogP contribution in [0.25, 0.3) is 0 Å². The SMILES string of the molecule is O=C(CSC1c2ccccc2C(=O)N1Cc1ccc(F)cc1)Nc1ccc(C(=O)O)cn1. The molecular weight excluding hydrogens is 433 g/mol. The van der Waals surface area contributed by atoms with Gasteiger partial charge in [-0.05, 0) is 41.5 Å². The summed E-state index contributed by atoms with van der Waals surface area (Å²) < 4.78 is 13.3. The van der Waals surface area contributed by atoms with Gasteiger partial charge in [-0.1, -0.05) is 30.3 Å². The highest BCUT2D eigenvalue weighted by molar-refractivity contribution is 8.00. The molecule has 0 aliphatic carbocycles. The number of carboxylic acids is 1. The standard InChI is InChI=1S/C23H18FN3O4S/c24-16-8-5-14(6-9-16)12-27-21(29)17-3-1-2-4-18(17)22(27)32-13-20(28)26-19-10-7-15(11-25-19)23(30)31/h1-11,22H,12-13H2,(H,30,31)(H,25,26,28). The molecule has 0 spiro atoms. The number of aromatic nitrogens is 1. The van der Waals surface area contributed by atoms with E-state index in [2.05, 4.69) is 10.3 Å². The van der Waals surface area contributed by atoms with E-state index in [4.69, 9.17) is 5.11 Å². The maximum absolute atomic E-state index is 13.3. The molecular formula is C23H18FN3O4S. The molecule has 0 radical (unpaired) electrons. The number of pyridine rings is 1. The molecule has 1 aliphatic rings. The minimum absolute atomic E-state index is 0.0230. The third-order valence-electron chi connectivity index (χ3n) is 4.92. The van der Waals surface area contributed by atoms with Gasteiger partial charge in [-0.15, -0.1) is 11.8 Å². The second-order valence-electron chi connectivity index (χ2n) is 7.10. The van der Waals surface area contributed by atoms with Crippen LogP contribution in [0, 0.1) is 5.82 Å². The third kappa shape index (κ3) is 4.62. The second kappa shape index (κ2) is 9.19. The second-order valence-corrected chi connectivity index (χ2v) is 8.16. The van der Waals surface area contributed by atoms with Gasteiger partial charge in [-0.25, -0.2) is 14.2 Å². The van der Waals surface area contributed by atoms with Crippen molar-refractivity contribution in [3.05, 3.63) is 94.9 Å². The number of carbonyl (C=O) groups is 3. The number of benzene rings is 2. The maximum atomic E-state index is 13.3. The Morgan fingerprint density at radius 3 is 2.53 bits per heavy atom. The van der Waals surface area contributed by atoms with Crippen LogP contribution in [0.4, 0.5) is 10.2 Å². The number of fused-ring (bicyclic) bond motifs is 1. The van der Waals surface area contributed by atoms with Crippen LogP contribution in [0.15, 0.2) is 66.9 Å². The number of rotatable bonds is 7. The zero-order valence-corrected chi connectivity index (χ0v) is 17.5. The van der Waals surface area contributed by atoms with Gasteiger partial charge in [0.05, 0.1) is 11.3 Å². The number of hydrogen-bond acceptors (Lipinski definition) is 5. The Balaban J connectivity index is 1.46. The summed E-state index contributed by atoms with van der Waals surface area (Å²) in [6.45, 7) is 0.283.